The number of alkyl halides is 3. The van der Waals surface area contributed by atoms with Crippen LogP contribution >= 0.6 is 0 Å². The minimum Gasteiger partial charge on any atom is -0.368 e. The molecule has 1 amide bonds. The van der Waals surface area contributed by atoms with E-state index >= 15 is 0 Å². The van der Waals surface area contributed by atoms with E-state index in [4.69, 9.17) is 0 Å². The Kier molecular flexibility index (Phi) is 6.07. The molecule has 1 aliphatic heterocycles. The van der Waals surface area contributed by atoms with Gasteiger partial charge >= 0.3 is 6.18 Å². The third kappa shape index (κ3) is 4.68. The SMILES string of the molecule is CNC(=O)c1ccc(N2CCN(Cc3cnc4c(C)c(C(F)(F)F)c(=O)[nH]c4c3)CC2)cn1. The van der Waals surface area contributed by atoms with E-state index in [9.17, 15) is 22.8 Å². The Morgan fingerprint density at radius 2 is 1.88 bits per heavy atom. The summed E-state index contributed by atoms with van der Waals surface area (Å²) in [6, 6.07) is 5.24. The van der Waals surface area contributed by atoms with Gasteiger partial charge in [-0.3, -0.25) is 19.5 Å². The lowest BCUT2D eigenvalue weighted by Crippen LogP contribution is -2.46. The Morgan fingerprint density at radius 3 is 2.48 bits per heavy atom. The highest BCUT2D eigenvalue weighted by Crippen LogP contribution is 2.31. The number of fused-ring (bicyclic) bond motifs is 1. The molecule has 1 saturated heterocycles. The molecule has 0 aliphatic carbocycles. The molecule has 8 nitrogen and oxygen atoms in total. The second-order valence-corrected chi connectivity index (χ2v) is 7.94. The maximum absolute atomic E-state index is 13.2. The lowest BCUT2D eigenvalue weighted by Gasteiger charge is -2.36. The van der Waals surface area contributed by atoms with Crippen molar-refractivity contribution in [1.29, 1.82) is 0 Å². The Balaban J connectivity index is 1.43. The van der Waals surface area contributed by atoms with Crippen LogP contribution in [0.1, 0.15) is 27.2 Å². The number of aromatic nitrogens is 3. The molecule has 1 fully saturated rings. The number of piperazine rings is 1. The number of carbonyl (C=O) groups is 1. The number of nitrogens with one attached hydrogen (secondary N) is 2. The fourth-order valence-electron chi connectivity index (χ4n) is 4.06. The smallest absolute Gasteiger partial charge is 0.368 e. The third-order valence-electron chi connectivity index (χ3n) is 5.78. The Hall–Kier alpha value is -3.47. The number of aryl methyl sites for hydroxylation is 1. The summed E-state index contributed by atoms with van der Waals surface area (Å²) in [5.74, 6) is -0.235. The number of rotatable bonds is 4. The summed E-state index contributed by atoms with van der Waals surface area (Å²) in [5.41, 5.74) is 0.00905. The van der Waals surface area contributed by atoms with Gasteiger partial charge in [0, 0.05) is 46.0 Å². The van der Waals surface area contributed by atoms with Gasteiger partial charge < -0.3 is 15.2 Å². The molecule has 3 aromatic rings. The van der Waals surface area contributed by atoms with Crippen molar-refractivity contribution in [2.45, 2.75) is 19.6 Å². The molecule has 0 saturated carbocycles. The van der Waals surface area contributed by atoms with E-state index in [0.717, 1.165) is 37.4 Å². The maximum Gasteiger partial charge on any atom is 0.422 e. The van der Waals surface area contributed by atoms with Crippen LogP contribution in [0.5, 0.6) is 0 Å². The fourth-order valence-corrected chi connectivity index (χ4v) is 4.06. The molecular weight excluding hydrogens is 437 g/mol. The van der Waals surface area contributed by atoms with Gasteiger partial charge in [-0.1, -0.05) is 0 Å². The van der Waals surface area contributed by atoms with Crippen molar-refractivity contribution in [2.75, 3.05) is 38.1 Å². The van der Waals surface area contributed by atoms with Crippen molar-refractivity contribution in [2.24, 2.45) is 0 Å². The Morgan fingerprint density at radius 1 is 1.15 bits per heavy atom. The first-order valence-electron chi connectivity index (χ1n) is 10.4. The number of hydrogen-bond acceptors (Lipinski definition) is 6. The van der Waals surface area contributed by atoms with Gasteiger partial charge in [0.05, 0.1) is 22.9 Å². The quantitative estimate of drug-likeness (QED) is 0.621. The summed E-state index contributed by atoms with van der Waals surface area (Å²) in [6.45, 7) is 4.87. The van der Waals surface area contributed by atoms with Crippen LogP contribution in [0.2, 0.25) is 0 Å². The fraction of sp³-hybridized carbons (Fsp3) is 0.364. The van der Waals surface area contributed by atoms with Crippen molar-refractivity contribution in [3.05, 3.63) is 63.3 Å². The molecule has 11 heteroatoms. The van der Waals surface area contributed by atoms with E-state index in [1.165, 1.54) is 6.92 Å². The predicted molar refractivity (Wildman–Crippen MR) is 117 cm³/mol. The van der Waals surface area contributed by atoms with Gasteiger partial charge in [-0.2, -0.15) is 13.2 Å². The van der Waals surface area contributed by atoms with Crippen molar-refractivity contribution >= 4 is 22.6 Å². The van der Waals surface area contributed by atoms with E-state index in [-0.39, 0.29) is 17.0 Å². The van der Waals surface area contributed by atoms with Gasteiger partial charge in [0.2, 0.25) is 0 Å². The van der Waals surface area contributed by atoms with Crippen molar-refractivity contribution in [3.63, 3.8) is 0 Å². The zero-order valence-corrected chi connectivity index (χ0v) is 18.2. The van der Waals surface area contributed by atoms with E-state index in [1.54, 1.807) is 31.6 Å². The molecule has 2 N–H and O–H groups in total. The number of anilines is 1. The lowest BCUT2D eigenvalue weighted by molar-refractivity contribution is -0.139. The van der Waals surface area contributed by atoms with E-state index in [2.05, 4.69) is 30.1 Å². The number of nitrogens with zero attached hydrogens (tertiary/aromatic N) is 4. The van der Waals surface area contributed by atoms with Crippen molar-refractivity contribution in [1.82, 2.24) is 25.2 Å². The topological polar surface area (TPSA) is 94.2 Å². The predicted octanol–water partition coefficient (Wildman–Crippen LogP) is 2.33. The first kappa shape index (κ1) is 22.7. The summed E-state index contributed by atoms with van der Waals surface area (Å²) in [7, 11) is 1.56. The summed E-state index contributed by atoms with van der Waals surface area (Å²) >= 11 is 0. The molecule has 0 aromatic carbocycles. The zero-order valence-electron chi connectivity index (χ0n) is 18.2. The Labute approximate surface area is 187 Å². The highest BCUT2D eigenvalue weighted by atomic mass is 19.4. The van der Waals surface area contributed by atoms with Crippen LogP contribution in [0.3, 0.4) is 0 Å². The van der Waals surface area contributed by atoms with Crippen LogP contribution in [-0.2, 0) is 12.7 Å². The second-order valence-electron chi connectivity index (χ2n) is 7.94. The second kappa shape index (κ2) is 8.81. The number of aromatic amines is 1. The van der Waals surface area contributed by atoms with Crippen LogP contribution in [0, 0.1) is 6.92 Å². The summed E-state index contributed by atoms with van der Waals surface area (Å²) in [6.07, 6.45) is -1.49. The molecule has 0 atom stereocenters. The first-order valence-corrected chi connectivity index (χ1v) is 10.4. The van der Waals surface area contributed by atoms with E-state index in [0.29, 0.717) is 17.8 Å². The van der Waals surface area contributed by atoms with Gasteiger partial charge in [-0.25, -0.2) is 4.98 Å². The normalized spacial score (nSPS) is 15.1. The van der Waals surface area contributed by atoms with Crippen LogP contribution in [0.4, 0.5) is 18.9 Å². The minimum atomic E-state index is -4.73. The van der Waals surface area contributed by atoms with Gasteiger partial charge in [-0.05, 0) is 36.2 Å². The molecular formula is C22H23F3N6O2. The average molecular weight is 460 g/mol. The number of hydrogen-bond donors (Lipinski definition) is 2. The maximum atomic E-state index is 13.2. The van der Waals surface area contributed by atoms with E-state index in [1.807, 2.05) is 6.07 Å². The van der Waals surface area contributed by atoms with Gasteiger partial charge in [0.1, 0.15) is 11.3 Å². The van der Waals surface area contributed by atoms with Crippen molar-refractivity contribution < 1.29 is 18.0 Å². The standard InChI is InChI=1S/C22H23F3N6O2/c1-13-18(22(23,24)25)21(33)29-17-9-14(10-28-19(13)17)12-30-5-7-31(8-6-30)15-3-4-16(27-11-15)20(32)26-2/h3-4,9-11H,5-8,12H2,1-2H3,(H,26,32)(H,29,33). The molecule has 0 spiro atoms. The molecule has 0 radical (unpaired) electrons. The molecule has 0 bridgehead atoms. The Bertz CT molecular complexity index is 1230. The highest BCUT2D eigenvalue weighted by molar-refractivity contribution is 5.92. The highest BCUT2D eigenvalue weighted by Gasteiger charge is 2.36. The summed E-state index contributed by atoms with van der Waals surface area (Å²) in [5, 5.41) is 2.54. The lowest BCUT2D eigenvalue weighted by atomic mass is 10.1. The van der Waals surface area contributed by atoms with E-state index < -0.39 is 17.3 Å². The number of H-pyrrole nitrogens is 1. The molecule has 33 heavy (non-hydrogen) atoms. The number of carbonyl (C=O) groups excluding carboxylic acids is 1. The first-order chi connectivity index (χ1) is 15.7. The molecule has 0 unspecified atom stereocenters. The summed E-state index contributed by atoms with van der Waals surface area (Å²) in [4.78, 5) is 38.7. The molecule has 1 aliphatic rings. The van der Waals surface area contributed by atoms with Crippen LogP contribution in [0.25, 0.3) is 11.0 Å². The van der Waals surface area contributed by atoms with Crippen LogP contribution < -0.4 is 15.8 Å². The third-order valence-corrected chi connectivity index (χ3v) is 5.78. The van der Waals surface area contributed by atoms with Crippen molar-refractivity contribution in [3.8, 4) is 0 Å². The molecule has 4 rings (SSSR count). The van der Waals surface area contributed by atoms with Gasteiger partial charge in [0.25, 0.3) is 11.5 Å². The minimum absolute atomic E-state index is 0.142. The zero-order chi connectivity index (χ0) is 23.8. The number of amides is 1. The van der Waals surface area contributed by atoms with Gasteiger partial charge in [-0.15, -0.1) is 0 Å². The molecule has 4 heterocycles. The molecule has 3 aromatic heterocycles. The average Bonchev–Trinajstić information content (AvgIpc) is 2.78. The van der Waals surface area contributed by atoms with Crippen LogP contribution in [0.15, 0.2) is 35.4 Å². The monoisotopic (exact) mass is 460 g/mol. The summed E-state index contributed by atoms with van der Waals surface area (Å²) < 4.78 is 39.5. The number of pyridine rings is 3. The van der Waals surface area contributed by atoms with Gasteiger partial charge in [0.15, 0.2) is 0 Å². The molecule has 174 valence electrons. The number of halogens is 3. The van der Waals surface area contributed by atoms with Crippen LogP contribution in [-0.4, -0.2) is 59.0 Å². The largest absolute Gasteiger partial charge is 0.422 e.